The van der Waals surface area contributed by atoms with Gasteiger partial charge < -0.3 is 4.74 Å². The molecule has 1 aliphatic carbocycles. The lowest BCUT2D eigenvalue weighted by Crippen LogP contribution is -2.49. The topological polar surface area (TPSA) is 43.4 Å². The van der Waals surface area contributed by atoms with Gasteiger partial charge in [-0.1, -0.05) is 12.1 Å². The molecule has 0 amide bonds. The van der Waals surface area contributed by atoms with Gasteiger partial charge in [0.1, 0.15) is 10.7 Å². The average Bonchev–Trinajstić information content (AvgIpc) is 2.37. The molecule has 1 unspecified atom stereocenters. The molecule has 2 fully saturated rings. The van der Waals surface area contributed by atoms with Crippen LogP contribution in [0.1, 0.15) is 32.1 Å². The molecule has 1 aromatic carbocycles. The quantitative estimate of drug-likeness (QED) is 0.838. The first-order chi connectivity index (χ1) is 9.04. The fourth-order valence-electron chi connectivity index (χ4n) is 3.02. The summed E-state index contributed by atoms with van der Waals surface area (Å²) in [7, 11) is -3.59. The lowest BCUT2D eigenvalue weighted by molar-refractivity contribution is -0.125. The minimum absolute atomic E-state index is 0.170. The van der Waals surface area contributed by atoms with Crippen molar-refractivity contribution >= 4 is 9.84 Å². The van der Waals surface area contributed by atoms with Crippen molar-refractivity contribution in [2.45, 2.75) is 47.9 Å². The minimum Gasteiger partial charge on any atom is -0.375 e. The SMILES string of the molecule is O=S(=O)(c1ccccc1F)C1CCOC2(CCC2)C1. The van der Waals surface area contributed by atoms with E-state index in [0.29, 0.717) is 19.4 Å². The first kappa shape index (κ1) is 13.1. The lowest BCUT2D eigenvalue weighted by Gasteiger charge is -2.46. The van der Waals surface area contributed by atoms with Crippen molar-refractivity contribution in [1.82, 2.24) is 0 Å². The van der Waals surface area contributed by atoms with Crippen molar-refractivity contribution in [3.8, 4) is 0 Å². The summed E-state index contributed by atoms with van der Waals surface area (Å²) in [6.45, 7) is 0.457. The Morgan fingerprint density at radius 2 is 2.00 bits per heavy atom. The summed E-state index contributed by atoms with van der Waals surface area (Å²) in [5, 5.41) is -0.515. The summed E-state index contributed by atoms with van der Waals surface area (Å²) in [6.07, 6.45) is 3.90. The Kier molecular flexibility index (Phi) is 3.14. The van der Waals surface area contributed by atoms with Gasteiger partial charge >= 0.3 is 0 Å². The molecule has 0 N–H and O–H groups in total. The summed E-state index contributed by atoms with van der Waals surface area (Å²) >= 11 is 0. The molecule has 1 aromatic rings. The molecule has 1 heterocycles. The lowest BCUT2D eigenvalue weighted by atomic mass is 9.75. The Hall–Kier alpha value is -0.940. The molecule has 0 aromatic heterocycles. The van der Waals surface area contributed by atoms with Crippen LogP contribution in [-0.2, 0) is 14.6 Å². The minimum atomic E-state index is -3.59. The third kappa shape index (κ3) is 2.19. The zero-order chi connectivity index (χ0) is 13.5. The van der Waals surface area contributed by atoms with Crippen LogP contribution in [0.5, 0.6) is 0 Å². The Bertz CT molecular complexity index is 578. The smallest absolute Gasteiger partial charge is 0.184 e. The van der Waals surface area contributed by atoms with Gasteiger partial charge in [-0.3, -0.25) is 0 Å². The second kappa shape index (κ2) is 4.56. The van der Waals surface area contributed by atoms with E-state index in [1.165, 1.54) is 18.2 Å². The highest BCUT2D eigenvalue weighted by atomic mass is 32.2. The van der Waals surface area contributed by atoms with E-state index in [0.717, 1.165) is 19.3 Å². The maximum Gasteiger partial charge on any atom is 0.184 e. The van der Waals surface area contributed by atoms with Gasteiger partial charge in [0.2, 0.25) is 0 Å². The van der Waals surface area contributed by atoms with Gasteiger partial charge in [-0.25, -0.2) is 12.8 Å². The predicted octanol–water partition coefficient (Wildman–Crippen LogP) is 2.70. The molecule has 19 heavy (non-hydrogen) atoms. The second-order valence-electron chi connectivity index (χ2n) is 5.48. The van der Waals surface area contributed by atoms with Gasteiger partial charge in [-0.05, 0) is 44.2 Å². The average molecular weight is 284 g/mol. The molecular weight excluding hydrogens is 267 g/mol. The van der Waals surface area contributed by atoms with E-state index in [-0.39, 0.29) is 10.5 Å². The monoisotopic (exact) mass is 284 g/mol. The molecule has 1 atom stereocenters. The molecule has 5 heteroatoms. The largest absolute Gasteiger partial charge is 0.375 e. The van der Waals surface area contributed by atoms with E-state index in [1.54, 1.807) is 6.07 Å². The third-order valence-electron chi connectivity index (χ3n) is 4.29. The van der Waals surface area contributed by atoms with Crippen molar-refractivity contribution in [3.05, 3.63) is 30.1 Å². The van der Waals surface area contributed by atoms with Gasteiger partial charge in [0.05, 0.1) is 10.9 Å². The van der Waals surface area contributed by atoms with E-state index >= 15 is 0 Å². The van der Waals surface area contributed by atoms with Crippen LogP contribution in [-0.4, -0.2) is 25.9 Å². The number of rotatable bonds is 2. The van der Waals surface area contributed by atoms with E-state index in [1.807, 2.05) is 0 Å². The van der Waals surface area contributed by atoms with Crippen LogP contribution < -0.4 is 0 Å². The number of ether oxygens (including phenoxy) is 1. The molecule has 0 radical (unpaired) electrons. The zero-order valence-corrected chi connectivity index (χ0v) is 11.5. The molecule has 3 nitrogen and oxygen atoms in total. The summed E-state index contributed by atoms with van der Waals surface area (Å²) in [5.74, 6) is -0.656. The number of sulfone groups is 1. The third-order valence-corrected chi connectivity index (χ3v) is 6.52. The van der Waals surface area contributed by atoms with Gasteiger partial charge in [0.25, 0.3) is 0 Å². The second-order valence-corrected chi connectivity index (χ2v) is 7.67. The van der Waals surface area contributed by atoms with Crippen LogP contribution in [0.2, 0.25) is 0 Å². The van der Waals surface area contributed by atoms with Crippen molar-refractivity contribution in [2.24, 2.45) is 0 Å². The standard InChI is InChI=1S/C14H17FO3S/c15-12-4-1-2-5-13(12)19(16,17)11-6-9-18-14(10-11)7-3-8-14/h1-2,4-5,11H,3,6-10H2. The predicted molar refractivity (Wildman–Crippen MR) is 69.1 cm³/mol. The molecule has 2 aliphatic rings. The Balaban J connectivity index is 1.90. The highest BCUT2D eigenvalue weighted by molar-refractivity contribution is 7.92. The van der Waals surface area contributed by atoms with Crippen LogP contribution in [0.15, 0.2) is 29.2 Å². The highest BCUT2D eigenvalue weighted by Gasteiger charge is 2.46. The van der Waals surface area contributed by atoms with E-state index in [2.05, 4.69) is 0 Å². The van der Waals surface area contributed by atoms with Crippen LogP contribution in [0.25, 0.3) is 0 Å². The van der Waals surface area contributed by atoms with Crippen molar-refractivity contribution in [1.29, 1.82) is 0 Å². The maximum absolute atomic E-state index is 13.7. The number of benzene rings is 1. The highest BCUT2D eigenvalue weighted by Crippen LogP contribution is 2.44. The number of hydrogen-bond acceptors (Lipinski definition) is 3. The molecule has 104 valence electrons. The van der Waals surface area contributed by atoms with Crippen molar-refractivity contribution in [3.63, 3.8) is 0 Å². The Morgan fingerprint density at radius 3 is 2.63 bits per heavy atom. The molecule has 1 saturated carbocycles. The Morgan fingerprint density at radius 1 is 1.26 bits per heavy atom. The van der Waals surface area contributed by atoms with Crippen molar-refractivity contribution < 1.29 is 17.5 Å². The summed E-state index contributed by atoms with van der Waals surface area (Å²) in [5.41, 5.74) is -0.249. The first-order valence-corrected chi connectivity index (χ1v) is 8.21. The van der Waals surface area contributed by atoms with E-state index in [9.17, 15) is 12.8 Å². The van der Waals surface area contributed by atoms with Gasteiger partial charge in [-0.2, -0.15) is 0 Å². The molecular formula is C14H17FO3S. The molecule has 1 spiro atoms. The molecule has 3 rings (SSSR count). The first-order valence-electron chi connectivity index (χ1n) is 6.66. The fourth-order valence-corrected chi connectivity index (χ4v) is 4.92. The van der Waals surface area contributed by atoms with Crippen LogP contribution in [0.4, 0.5) is 4.39 Å². The van der Waals surface area contributed by atoms with E-state index < -0.39 is 20.9 Å². The van der Waals surface area contributed by atoms with Crippen molar-refractivity contribution in [2.75, 3.05) is 6.61 Å². The summed E-state index contributed by atoms with van der Waals surface area (Å²) in [6, 6.07) is 5.62. The Labute approximate surface area is 112 Å². The summed E-state index contributed by atoms with van der Waals surface area (Å²) < 4.78 is 44.5. The van der Waals surface area contributed by atoms with Gasteiger partial charge in [0, 0.05) is 6.61 Å². The molecule has 1 aliphatic heterocycles. The zero-order valence-electron chi connectivity index (χ0n) is 10.6. The molecule has 1 saturated heterocycles. The number of hydrogen-bond donors (Lipinski definition) is 0. The van der Waals surface area contributed by atoms with Gasteiger partial charge in [-0.15, -0.1) is 0 Å². The fraction of sp³-hybridized carbons (Fsp3) is 0.571. The van der Waals surface area contributed by atoms with Crippen LogP contribution in [0.3, 0.4) is 0 Å². The van der Waals surface area contributed by atoms with Crippen LogP contribution >= 0.6 is 0 Å². The number of halogens is 1. The summed E-state index contributed by atoms with van der Waals surface area (Å²) in [4.78, 5) is -0.170. The van der Waals surface area contributed by atoms with E-state index in [4.69, 9.17) is 4.74 Å². The molecule has 0 bridgehead atoms. The normalized spacial score (nSPS) is 26.1. The maximum atomic E-state index is 13.7. The van der Waals surface area contributed by atoms with Crippen LogP contribution in [0, 0.1) is 5.82 Å². The van der Waals surface area contributed by atoms with Gasteiger partial charge in [0.15, 0.2) is 9.84 Å².